The molecule has 0 bridgehead atoms. The normalized spacial score (nSPS) is 10.3. The summed E-state index contributed by atoms with van der Waals surface area (Å²) < 4.78 is 5.54. The van der Waals surface area contributed by atoms with Gasteiger partial charge in [-0.05, 0) is 54.6 Å². The summed E-state index contributed by atoms with van der Waals surface area (Å²) in [4.78, 5) is 12.1. The average molecular weight is 353 g/mol. The fourth-order valence-electron chi connectivity index (χ4n) is 2.18. The number of ether oxygens (including phenoxy) is 1. The first-order valence-electron chi connectivity index (χ1n) is 7.55. The molecule has 0 aliphatic rings. The second-order valence-corrected chi connectivity index (χ2v) is 5.43. The van der Waals surface area contributed by atoms with Gasteiger partial charge < -0.3 is 30.5 Å². The van der Waals surface area contributed by atoms with Gasteiger partial charge in [-0.25, -0.2) is 0 Å². The van der Waals surface area contributed by atoms with Crippen LogP contribution in [0.2, 0.25) is 0 Å². The van der Waals surface area contributed by atoms with Gasteiger partial charge in [0.15, 0.2) is 23.0 Å². The number of nitrogens with one attached hydrogen (secondary N) is 1. The minimum atomic E-state index is -0.447. The topological polar surface area (TPSA) is 119 Å². The second kappa shape index (κ2) is 6.94. The molecule has 0 atom stereocenters. The number of rotatable bonds is 4. The van der Waals surface area contributed by atoms with E-state index in [-0.39, 0.29) is 28.6 Å². The van der Waals surface area contributed by atoms with Gasteiger partial charge in [-0.1, -0.05) is 0 Å². The van der Waals surface area contributed by atoms with E-state index in [9.17, 15) is 25.2 Å². The summed E-state index contributed by atoms with van der Waals surface area (Å²) in [6, 6.07) is 14.4. The SMILES string of the molecule is O=C(Nc1ccc(Oc2ccc(O)c(O)c2)cc1)c1ccc(O)c(O)c1. The standard InChI is InChI=1S/C19H15NO6/c21-15-7-1-11(9-17(15)23)19(25)20-12-2-4-13(5-3-12)26-14-6-8-16(22)18(24)10-14/h1-10,21-24H,(H,20,25). The van der Waals surface area contributed by atoms with E-state index in [2.05, 4.69) is 5.32 Å². The van der Waals surface area contributed by atoms with Crippen LogP contribution in [0.1, 0.15) is 10.4 Å². The molecule has 5 N–H and O–H groups in total. The fourth-order valence-corrected chi connectivity index (χ4v) is 2.18. The molecule has 0 aliphatic heterocycles. The quantitative estimate of drug-likeness (QED) is 0.458. The van der Waals surface area contributed by atoms with E-state index in [1.54, 1.807) is 24.3 Å². The first-order valence-corrected chi connectivity index (χ1v) is 7.55. The van der Waals surface area contributed by atoms with Crippen molar-refractivity contribution in [3.05, 3.63) is 66.2 Å². The van der Waals surface area contributed by atoms with Gasteiger partial charge in [0.2, 0.25) is 0 Å². The Morgan fingerprint density at radius 3 is 1.88 bits per heavy atom. The number of benzene rings is 3. The Labute approximate surface area is 148 Å². The molecule has 0 heterocycles. The highest BCUT2D eigenvalue weighted by molar-refractivity contribution is 6.04. The molecular weight excluding hydrogens is 338 g/mol. The summed E-state index contributed by atoms with van der Waals surface area (Å²) >= 11 is 0. The lowest BCUT2D eigenvalue weighted by Gasteiger charge is -2.09. The van der Waals surface area contributed by atoms with Crippen LogP contribution in [0.4, 0.5) is 5.69 Å². The van der Waals surface area contributed by atoms with Crippen molar-refractivity contribution in [2.24, 2.45) is 0 Å². The van der Waals surface area contributed by atoms with Gasteiger partial charge in [0.25, 0.3) is 5.91 Å². The third-order valence-electron chi connectivity index (χ3n) is 3.53. The average Bonchev–Trinajstić information content (AvgIpc) is 2.62. The number of phenolic OH excluding ortho intramolecular Hbond substituents is 4. The maximum Gasteiger partial charge on any atom is 0.255 e. The molecule has 0 saturated carbocycles. The lowest BCUT2D eigenvalue weighted by Crippen LogP contribution is -2.11. The van der Waals surface area contributed by atoms with Crippen molar-refractivity contribution < 1.29 is 30.0 Å². The Balaban J connectivity index is 1.68. The number of aromatic hydroxyl groups is 4. The molecule has 1 amide bonds. The Bertz CT molecular complexity index is 953. The van der Waals surface area contributed by atoms with Gasteiger partial charge in [-0.3, -0.25) is 4.79 Å². The predicted molar refractivity (Wildman–Crippen MR) is 94.0 cm³/mol. The lowest BCUT2D eigenvalue weighted by molar-refractivity contribution is 0.102. The Kier molecular flexibility index (Phi) is 4.53. The highest BCUT2D eigenvalue weighted by Crippen LogP contribution is 2.31. The van der Waals surface area contributed by atoms with E-state index in [4.69, 9.17) is 4.74 Å². The molecule has 0 saturated heterocycles. The summed E-state index contributed by atoms with van der Waals surface area (Å²) in [6.45, 7) is 0. The van der Waals surface area contributed by atoms with Crippen LogP contribution in [0, 0.1) is 0 Å². The number of amides is 1. The van der Waals surface area contributed by atoms with Crippen LogP contribution in [0.3, 0.4) is 0 Å². The van der Waals surface area contributed by atoms with Crippen molar-refractivity contribution in [1.82, 2.24) is 0 Å². The van der Waals surface area contributed by atoms with Gasteiger partial charge in [-0.15, -0.1) is 0 Å². The molecule has 3 aromatic carbocycles. The second-order valence-electron chi connectivity index (χ2n) is 5.43. The summed E-state index contributed by atoms with van der Waals surface area (Å²) in [5.74, 6) is -0.842. The highest BCUT2D eigenvalue weighted by atomic mass is 16.5. The van der Waals surface area contributed by atoms with Gasteiger partial charge in [0.1, 0.15) is 11.5 Å². The van der Waals surface area contributed by atoms with Crippen LogP contribution in [-0.4, -0.2) is 26.3 Å². The first-order chi connectivity index (χ1) is 12.4. The van der Waals surface area contributed by atoms with Gasteiger partial charge in [0.05, 0.1) is 0 Å². The molecule has 0 aromatic heterocycles. The molecule has 26 heavy (non-hydrogen) atoms. The molecule has 7 heteroatoms. The number of anilines is 1. The minimum absolute atomic E-state index is 0.195. The molecule has 132 valence electrons. The molecule has 0 unspecified atom stereocenters. The monoisotopic (exact) mass is 353 g/mol. The lowest BCUT2D eigenvalue weighted by atomic mass is 10.2. The first kappa shape index (κ1) is 17.0. The summed E-state index contributed by atoms with van der Waals surface area (Å²) in [7, 11) is 0. The largest absolute Gasteiger partial charge is 0.504 e. The van der Waals surface area contributed by atoms with Crippen molar-refractivity contribution in [2.75, 3.05) is 5.32 Å². The third kappa shape index (κ3) is 3.78. The number of carbonyl (C=O) groups excluding carboxylic acids is 1. The van der Waals surface area contributed by atoms with Crippen LogP contribution in [0.15, 0.2) is 60.7 Å². The van der Waals surface area contributed by atoms with Gasteiger partial charge in [-0.2, -0.15) is 0 Å². The Morgan fingerprint density at radius 2 is 1.27 bits per heavy atom. The van der Waals surface area contributed by atoms with E-state index >= 15 is 0 Å². The van der Waals surface area contributed by atoms with Crippen LogP contribution in [-0.2, 0) is 0 Å². The van der Waals surface area contributed by atoms with Crippen molar-refractivity contribution in [3.8, 4) is 34.5 Å². The number of hydrogen-bond acceptors (Lipinski definition) is 6. The predicted octanol–water partition coefficient (Wildman–Crippen LogP) is 3.55. The van der Waals surface area contributed by atoms with Crippen LogP contribution in [0.25, 0.3) is 0 Å². The summed E-state index contributed by atoms with van der Waals surface area (Å²) in [5, 5.41) is 40.1. The van der Waals surface area contributed by atoms with E-state index < -0.39 is 5.91 Å². The third-order valence-corrected chi connectivity index (χ3v) is 3.53. The molecule has 0 radical (unpaired) electrons. The summed E-state index contributed by atoms with van der Waals surface area (Å²) in [5.41, 5.74) is 0.698. The van der Waals surface area contributed by atoms with Crippen LogP contribution >= 0.6 is 0 Å². The minimum Gasteiger partial charge on any atom is -0.504 e. The fraction of sp³-hybridized carbons (Fsp3) is 0. The molecule has 0 spiro atoms. The van der Waals surface area contributed by atoms with E-state index in [0.717, 1.165) is 0 Å². The zero-order valence-corrected chi connectivity index (χ0v) is 13.4. The maximum absolute atomic E-state index is 12.1. The zero-order chi connectivity index (χ0) is 18.7. The smallest absolute Gasteiger partial charge is 0.255 e. The van der Waals surface area contributed by atoms with E-state index in [0.29, 0.717) is 17.2 Å². The zero-order valence-electron chi connectivity index (χ0n) is 13.4. The van der Waals surface area contributed by atoms with Crippen molar-refractivity contribution >= 4 is 11.6 Å². The maximum atomic E-state index is 12.1. The van der Waals surface area contributed by atoms with Crippen molar-refractivity contribution in [2.45, 2.75) is 0 Å². The Hall–Kier alpha value is -3.87. The number of carbonyl (C=O) groups is 1. The molecular formula is C19H15NO6. The molecule has 0 fully saturated rings. The number of phenols is 4. The highest BCUT2D eigenvalue weighted by Gasteiger charge is 2.09. The molecule has 3 aromatic rings. The van der Waals surface area contributed by atoms with Gasteiger partial charge >= 0.3 is 0 Å². The molecule has 0 aliphatic carbocycles. The Morgan fingerprint density at radius 1 is 0.692 bits per heavy atom. The van der Waals surface area contributed by atoms with Crippen molar-refractivity contribution in [3.63, 3.8) is 0 Å². The summed E-state index contributed by atoms with van der Waals surface area (Å²) in [6.07, 6.45) is 0. The van der Waals surface area contributed by atoms with Crippen LogP contribution in [0.5, 0.6) is 34.5 Å². The molecule has 3 rings (SSSR count). The number of hydrogen-bond donors (Lipinski definition) is 5. The van der Waals surface area contributed by atoms with E-state index in [1.807, 2.05) is 0 Å². The molecule has 7 nitrogen and oxygen atoms in total. The van der Waals surface area contributed by atoms with Crippen LogP contribution < -0.4 is 10.1 Å². The van der Waals surface area contributed by atoms with Crippen molar-refractivity contribution in [1.29, 1.82) is 0 Å². The van der Waals surface area contributed by atoms with E-state index in [1.165, 1.54) is 36.4 Å². The van der Waals surface area contributed by atoms with Gasteiger partial charge in [0, 0.05) is 17.3 Å².